The SMILES string of the molecule is COc1cc(C(=O)C(=Cc2ccccc2)c2nc3ccccc3[nH]2)cc(OC)c1OC. The minimum absolute atomic E-state index is 0.220. The van der Waals surface area contributed by atoms with Gasteiger partial charge in [-0.3, -0.25) is 4.79 Å². The zero-order chi connectivity index (χ0) is 21.8. The van der Waals surface area contributed by atoms with Gasteiger partial charge in [0.1, 0.15) is 5.82 Å². The van der Waals surface area contributed by atoms with E-state index in [0.717, 1.165) is 16.6 Å². The molecule has 1 N–H and O–H groups in total. The highest BCUT2D eigenvalue weighted by atomic mass is 16.5. The number of methoxy groups -OCH3 is 3. The van der Waals surface area contributed by atoms with Crippen molar-refractivity contribution in [3.05, 3.63) is 83.7 Å². The second kappa shape index (κ2) is 8.75. The summed E-state index contributed by atoms with van der Waals surface area (Å²) < 4.78 is 16.2. The quantitative estimate of drug-likeness (QED) is 0.340. The Morgan fingerprint density at radius 3 is 2.13 bits per heavy atom. The summed E-state index contributed by atoms with van der Waals surface area (Å²) in [5.74, 6) is 1.52. The van der Waals surface area contributed by atoms with Gasteiger partial charge < -0.3 is 19.2 Å². The van der Waals surface area contributed by atoms with Crippen molar-refractivity contribution in [2.45, 2.75) is 0 Å². The fraction of sp³-hybridized carbons (Fsp3) is 0.120. The number of imidazole rings is 1. The predicted molar refractivity (Wildman–Crippen MR) is 121 cm³/mol. The number of para-hydroxylation sites is 2. The Morgan fingerprint density at radius 1 is 0.871 bits per heavy atom. The molecule has 0 unspecified atom stereocenters. The molecule has 0 aliphatic carbocycles. The average molecular weight is 414 g/mol. The van der Waals surface area contributed by atoms with Crippen LogP contribution in [0.3, 0.4) is 0 Å². The smallest absolute Gasteiger partial charge is 0.203 e. The van der Waals surface area contributed by atoms with Crippen LogP contribution in [0.1, 0.15) is 21.7 Å². The van der Waals surface area contributed by atoms with Gasteiger partial charge in [-0.2, -0.15) is 0 Å². The normalized spacial score (nSPS) is 11.4. The van der Waals surface area contributed by atoms with Crippen LogP contribution < -0.4 is 14.2 Å². The molecule has 0 atom stereocenters. The fourth-order valence-corrected chi connectivity index (χ4v) is 3.41. The van der Waals surface area contributed by atoms with Crippen LogP contribution in [0.15, 0.2) is 66.7 Å². The Kier molecular flexibility index (Phi) is 5.71. The largest absolute Gasteiger partial charge is 0.493 e. The summed E-state index contributed by atoms with van der Waals surface area (Å²) in [5, 5.41) is 0. The van der Waals surface area contributed by atoms with E-state index in [-0.39, 0.29) is 5.78 Å². The third-order valence-corrected chi connectivity index (χ3v) is 4.93. The molecule has 31 heavy (non-hydrogen) atoms. The number of nitrogens with zero attached hydrogens (tertiary/aromatic N) is 1. The molecule has 4 rings (SSSR count). The monoisotopic (exact) mass is 414 g/mol. The van der Waals surface area contributed by atoms with Crippen LogP contribution in [-0.4, -0.2) is 37.1 Å². The molecule has 3 aromatic carbocycles. The maximum Gasteiger partial charge on any atom is 0.203 e. The summed E-state index contributed by atoms with van der Waals surface area (Å²) in [5.41, 5.74) is 3.36. The molecule has 6 heteroatoms. The van der Waals surface area contributed by atoms with E-state index in [1.165, 1.54) is 21.3 Å². The van der Waals surface area contributed by atoms with Gasteiger partial charge in [-0.1, -0.05) is 42.5 Å². The first-order valence-electron chi connectivity index (χ1n) is 9.71. The predicted octanol–water partition coefficient (Wildman–Crippen LogP) is 5.01. The zero-order valence-corrected chi connectivity index (χ0v) is 17.5. The number of allylic oxidation sites excluding steroid dienone is 1. The number of ether oxygens (including phenoxy) is 3. The number of aromatic amines is 1. The molecule has 0 amide bonds. The molecule has 0 spiro atoms. The van der Waals surface area contributed by atoms with Gasteiger partial charge in [-0.25, -0.2) is 4.98 Å². The first-order chi connectivity index (χ1) is 15.1. The molecule has 0 saturated heterocycles. The summed E-state index contributed by atoms with van der Waals surface area (Å²) in [6, 6.07) is 20.6. The van der Waals surface area contributed by atoms with Crippen molar-refractivity contribution in [3.63, 3.8) is 0 Å². The van der Waals surface area contributed by atoms with Gasteiger partial charge in [0.15, 0.2) is 17.3 Å². The van der Waals surface area contributed by atoms with Gasteiger partial charge in [0, 0.05) is 5.56 Å². The molecule has 0 radical (unpaired) electrons. The summed E-state index contributed by atoms with van der Waals surface area (Å²) in [6.07, 6.45) is 1.82. The van der Waals surface area contributed by atoms with Crippen molar-refractivity contribution in [1.82, 2.24) is 9.97 Å². The molecule has 0 bridgehead atoms. The van der Waals surface area contributed by atoms with Crippen LogP contribution in [-0.2, 0) is 0 Å². The molecular formula is C25H22N2O4. The molecular weight excluding hydrogens is 392 g/mol. The van der Waals surface area contributed by atoms with Crippen LogP contribution in [0.5, 0.6) is 17.2 Å². The topological polar surface area (TPSA) is 73.4 Å². The Balaban J connectivity index is 1.88. The number of hydrogen-bond donors (Lipinski definition) is 1. The lowest BCUT2D eigenvalue weighted by molar-refractivity contribution is 0.105. The lowest BCUT2D eigenvalue weighted by Crippen LogP contribution is -2.06. The van der Waals surface area contributed by atoms with Crippen molar-refractivity contribution >= 4 is 28.5 Å². The van der Waals surface area contributed by atoms with E-state index in [9.17, 15) is 4.79 Å². The number of ketones is 1. The third-order valence-electron chi connectivity index (χ3n) is 4.93. The molecule has 1 aromatic heterocycles. The molecule has 0 fully saturated rings. The lowest BCUT2D eigenvalue weighted by atomic mass is 9.99. The Labute approximate surface area is 180 Å². The van der Waals surface area contributed by atoms with E-state index in [4.69, 9.17) is 14.2 Å². The number of aromatic nitrogens is 2. The molecule has 4 aromatic rings. The van der Waals surface area contributed by atoms with E-state index in [1.807, 2.05) is 60.7 Å². The van der Waals surface area contributed by atoms with E-state index in [0.29, 0.717) is 34.2 Å². The van der Waals surface area contributed by atoms with Gasteiger partial charge >= 0.3 is 0 Å². The minimum atomic E-state index is -0.220. The van der Waals surface area contributed by atoms with Gasteiger partial charge in [0.25, 0.3) is 0 Å². The van der Waals surface area contributed by atoms with Crippen LogP contribution in [0.25, 0.3) is 22.7 Å². The van der Waals surface area contributed by atoms with Crippen LogP contribution in [0, 0.1) is 0 Å². The highest BCUT2D eigenvalue weighted by Crippen LogP contribution is 2.39. The van der Waals surface area contributed by atoms with E-state index in [2.05, 4.69) is 9.97 Å². The minimum Gasteiger partial charge on any atom is -0.493 e. The van der Waals surface area contributed by atoms with Gasteiger partial charge in [0.2, 0.25) is 5.75 Å². The number of fused-ring (bicyclic) bond motifs is 1. The molecule has 1 heterocycles. The maximum absolute atomic E-state index is 13.7. The molecule has 156 valence electrons. The van der Waals surface area contributed by atoms with E-state index in [1.54, 1.807) is 12.1 Å². The maximum atomic E-state index is 13.7. The first kappa shape index (κ1) is 20.2. The molecule has 0 aliphatic rings. The highest BCUT2D eigenvalue weighted by molar-refractivity contribution is 6.32. The number of nitrogens with one attached hydrogen (secondary N) is 1. The zero-order valence-electron chi connectivity index (χ0n) is 17.5. The fourth-order valence-electron chi connectivity index (χ4n) is 3.41. The Hall–Kier alpha value is -4.06. The van der Waals surface area contributed by atoms with Gasteiger partial charge in [0.05, 0.1) is 37.9 Å². The number of hydrogen-bond acceptors (Lipinski definition) is 5. The second-order valence-corrected chi connectivity index (χ2v) is 6.81. The van der Waals surface area contributed by atoms with E-state index >= 15 is 0 Å². The summed E-state index contributed by atoms with van der Waals surface area (Å²) in [7, 11) is 4.56. The molecule has 6 nitrogen and oxygen atoms in total. The number of Topliss-reactive ketones (excluding diaryl/α,β-unsaturated/α-hetero) is 1. The van der Waals surface area contributed by atoms with Crippen molar-refractivity contribution in [1.29, 1.82) is 0 Å². The third kappa shape index (κ3) is 4.00. The number of rotatable bonds is 7. The summed E-state index contributed by atoms with van der Waals surface area (Å²) >= 11 is 0. The van der Waals surface area contributed by atoms with Crippen molar-refractivity contribution in [2.24, 2.45) is 0 Å². The van der Waals surface area contributed by atoms with Gasteiger partial charge in [-0.05, 0) is 35.9 Å². The number of carbonyl (C=O) groups is 1. The van der Waals surface area contributed by atoms with Crippen molar-refractivity contribution in [3.8, 4) is 17.2 Å². The highest BCUT2D eigenvalue weighted by Gasteiger charge is 2.22. The summed E-state index contributed by atoms with van der Waals surface area (Å²) in [4.78, 5) is 21.6. The molecule has 0 saturated carbocycles. The Morgan fingerprint density at radius 2 is 1.52 bits per heavy atom. The average Bonchev–Trinajstić information content (AvgIpc) is 3.25. The number of H-pyrrole nitrogens is 1. The molecule has 0 aliphatic heterocycles. The van der Waals surface area contributed by atoms with Crippen LogP contribution >= 0.6 is 0 Å². The van der Waals surface area contributed by atoms with Crippen LogP contribution in [0.2, 0.25) is 0 Å². The second-order valence-electron chi connectivity index (χ2n) is 6.81. The number of benzene rings is 3. The first-order valence-corrected chi connectivity index (χ1v) is 9.71. The van der Waals surface area contributed by atoms with E-state index < -0.39 is 0 Å². The Bertz CT molecular complexity index is 1200. The van der Waals surface area contributed by atoms with Gasteiger partial charge in [-0.15, -0.1) is 0 Å². The summed E-state index contributed by atoms with van der Waals surface area (Å²) in [6.45, 7) is 0. The number of carbonyl (C=O) groups excluding carboxylic acids is 1. The lowest BCUT2D eigenvalue weighted by Gasteiger charge is -2.14. The van der Waals surface area contributed by atoms with Crippen molar-refractivity contribution < 1.29 is 19.0 Å². The van der Waals surface area contributed by atoms with Crippen molar-refractivity contribution in [2.75, 3.05) is 21.3 Å². The standard InChI is InChI=1S/C25H22N2O4/c1-29-21-14-17(15-22(30-2)24(21)31-3)23(28)18(13-16-9-5-4-6-10-16)25-26-19-11-7-8-12-20(19)27-25/h4-15H,1-3H3,(H,26,27). The van der Waals surface area contributed by atoms with Crippen LogP contribution in [0.4, 0.5) is 0 Å².